The molecule has 1 aromatic carbocycles. The second kappa shape index (κ2) is 7.39. The molecule has 0 saturated heterocycles. The number of imidazole rings is 1. The number of aromatic nitrogens is 2. The molecule has 0 unspecified atom stereocenters. The van der Waals surface area contributed by atoms with Crippen LogP contribution >= 0.6 is 11.3 Å². The highest BCUT2D eigenvalue weighted by atomic mass is 32.1. The molecule has 0 atom stereocenters. The monoisotopic (exact) mass is 328 g/mol. The maximum absolute atomic E-state index is 12.5. The van der Waals surface area contributed by atoms with Gasteiger partial charge in [0.25, 0.3) is 0 Å². The van der Waals surface area contributed by atoms with Crippen molar-refractivity contribution in [1.82, 2.24) is 14.3 Å². The van der Waals surface area contributed by atoms with E-state index in [2.05, 4.69) is 17.1 Å². The molecule has 23 heavy (non-hydrogen) atoms. The normalized spacial score (nSPS) is 11.0. The molecular weight excluding hydrogens is 308 g/mol. The van der Waals surface area contributed by atoms with Gasteiger partial charge in [0, 0.05) is 37.4 Å². The predicted octanol–water partition coefficient (Wildman–Crippen LogP) is 1.97. The molecule has 0 aliphatic rings. The van der Waals surface area contributed by atoms with Crippen LogP contribution < -0.4 is 5.73 Å². The average molecular weight is 328 g/mol. The van der Waals surface area contributed by atoms with E-state index in [0.717, 1.165) is 17.1 Å². The van der Waals surface area contributed by atoms with Crippen LogP contribution in [0.5, 0.6) is 0 Å². The lowest BCUT2D eigenvalue weighted by atomic mass is 10.1. The van der Waals surface area contributed by atoms with E-state index in [-0.39, 0.29) is 5.91 Å². The first-order chi connectivity index (χ1) is 11.3. The third-order valence-electron chi connectivity index (χ3n) is 3.74. The van der Waals surface area contributed by atoms with Crippen molar-refractivity contribution in [2.45, 2.75) is 12.8 Å². The van der Waals surface area contributed by atoms with Gasteiger partial charge < -0.3 is 10.6 Å². The molecule has 0 fully saturated rings. The van der Waals surface area contributed by atoms with Crippen LogP contribution in [-0.2, 0) is 17.6 Å². The van der Waals surface area contributed by atoms with Crippen molar-refractivity contribution in [3.63, 3.8) is 0 Å². The van der Waals surface area contributed by atoms with Crippen molar-refractivity contribution in [2.75, 3.05) is 19.6 Å². The van der Waals surface area contributed by atoms with E-state index in [4.69, 9.17) is 5.73 Å². The summed E-state index contributed by atoms with van der Waals surface area (Å²) in [7, 11) is 0. The first-order valence-corrected chi connectivity index (χ1v) is 8.57. The molecule has 2 aromatic heterocycles. The number of rotatable bonds is 7. The number of hydrogen-bond donors (Lipinski definition) is 1. The zero-order valence-corrected chi connectivity index (χ0v) is 13.7. The van der Waals surface area contributed by atoms with Crippen LogP contribution in [0, 0.1) is 0 Å². The van der Waals surface area contributed by atoms with Gasteiger partial charge in [-0.3, -0.25) is 9.20 Å². The van der Waals surface area contributed by atoms with Crippen LogP contribution in [0.15, 0.2) is 48.1 Å². The SMILES string of the molecule is NCCN(CCc1ccccc1)C(=O)Cc1cn2ccsc2n1. The van der Waals surface area contributed by atoms with Gasteiger partial charge in [-0.1, -0.05) is 30.3 Å². The summed E-state index contributed by atoms with van der Waals surface area (Å²) in [6.45, 7) is 1.73. The van der Waals surface area contributed by atoms with Gasteiger partial charge in [-0.25, -0.2) is 4.98 Å². The van der Waals surface area contributed by atoms with Crippen LogP contribution in [0.4, 0.5) is 0 Å². The zero-order valence-electron chi connectivity index (χ0n) is 12.9. The predicted molar refractivity (Wildman–Crippen MR) is 92.6 cm³/mol. The second-order valence-electron chi connectivity index (χ2n) is 5.41. The highest BCUT2D eigenvalue weighted by Crippen LogP contribution is 2.12. The van der Waals surface area contributed by atoms with Gasteiger partial charge in [-0.05, 0) is 12.0 Å². The Labute approximate surface area is 139 Å². The molecule has 5 nitrogen and oxygen atoms in total. The first kappa shape index (κ1) is 15.7. The van der Waals surface area contributed by atoms with Crippen molar-refractivity contribution >= 4 is 22.2 Å². The van der Waals surface area contributed by atoms with Gasteiger partial charge in [0.15, 0.2) is 4.96 Å². The fourth-order valence-electron chi connectivity index (χ4n) is 2.55. The van der Waals surface area contributed by atoms with Crippen LogP contribution in [0.3, 0.4) is 0 Å². The topological polar surface area (TPSA) is 63.6 Å². The smallest absolute Gasteiger partial charge is 0.228 e. The minimum absolute atomic E-state index is 0.0807. The molecule has 0 aliphatic carbocycles. The largest absolute Gasteiger partial charge is 0.341 e. The Hall–Kier alpha value is -2.18. The van der Waals surface area contributed by atoms with E-state index in [1.54, 1.807) is 11.3 Å². The van der Waals surface area contributed by atoms with E-state index >= 15 is 0 Å². The summed E-state index contributed by atoms with van der Waals surface area (Å²) in [6, 6.07) is 10.2. The highest BCUT2D eigenvalue weighted by Gasteiger charge is 2.15. The van der Waals surface area contributed by atoms with Crippen molar-refractivity contribution in [3.8, 4) is 0 Å². The molecule has 6 heteroatoms. The Bertz CT molecular complexity index is 737. The number of benzene rings is 1. The molecule has 1 amide bonds. The van der Waals surface area contributed by atoms with Crippen LogP contribution in [0.2, 0.25) is 0 Å². The van der Waals surface area contributed by atoms with E-state index in [9.17, 15) is 4.79 Å². The number of carbonyl (C=O) groups is 1. The molecule has 120 valence electrons. The lowest BCUT2D eigenvalue weighted by Crippen LogP contribution is -2.37. The zero-order chi connectivity index (χ0) is 16.1. The molecule has 2 heterocycles. The number of hydrogen-bond acceptors (Lipinski definition) is 4. The van der Waals surface area contributed by atoms with Crippen LogP contribution in [-0.4, -0.2) is 39.8 Å². The standard InChI is InChI=1S/C17H20N4OS/c18-7-9-20(8-6-14-4-2-1-3-5-14)16(22)12-15-13-21-10-11-23-17(21)19-15/h1-5,10-11,13H,6-9,12,18H2. The van der Waals surface area contributed by atoms with Gasteiger partial charge in [0.2, 0.25) is 5.91 Å². The number of nitrogens with two attached hydrogens (primary N) is 1. The number of nitrogens with zero attached hydrogens (tertiary/aromatic N) is 3. The molecule has 0 spiro atoms. The van der Waals surface area contributed by atoms with Gasteiger partial charge in [-0.15, -0.1) is 11.3 Å². The van der Waals surface area contributed by atoms with E-state index < -0.39 is 0 Å². The maximum Gasteiger partial charge on any atom is 0.228 e. The lowest BCUT2D eigenvalue weighted by Gasteiger charge is -2.21. The van der Waals surface area contributed by atoms with Gasteiger partial charge in [0.1, 0.15) is 0 Å². The molecule has 0 saturated carbocycles. The highest BCUT2D eigenvalue weighted by molar-refractivity contribution is 7.15. The maximum atomic E-state index is 12.5. The van der Waals surface area contributed by atoms with Gasteiger partial charge in [0.05, 0.1) is 12.1 Å². The van der Waals surface area contributed by atoms with Crippen LogP contribution in [0.25, 0.3) is 4.96 Å². The molecule has 2 N–H and O–H groups in total. The summed E-state index contributed by atoms with van der Waals surface area (Å²) in [5, 5.41) is 1.98. The Morgan fingerprint density at radius 3 is 2.83 bits per heavy atom. The van der Waals surface area contributed by atoms with Crippen LogP contribution in [0.1, 0.15) is 11.3 Å². The van der Waals surface area contributed by atoms with Gasteiger partial charge >= 0.3 is 0 Å². The molecule has 3 rings (SSSR count). The minimum Gasteiger partial charge on any atom is -0.341 e. The third kappa shape index (κ3) is 3.97. The lowest BCUT2D eigenvalue weighted by molar-refractivity contribution is -0.130. The number of fused-ring (bicyclic) bond motifs is 1. The summed E-state index contributed by atoms with van der Waals surface area (Å²) >= 11 is 1.57. The second-order valence-corrected chi connectivity index (χ2v) is 6.28. The summed E-state index contributed by atoms with van der Waals surface area (Å²) in [5.41, 5.74) is 7.70. The van der Waals surface area contributed by atoms with Crippen molar-refractivity contribution < 1.29 is 4.79 Å². The van der Waals surface area contributed by atoms with Crippen molar-refractivity contribution in [3.05, 3.63) is 59.4 Å². The Morgan fingerprint density at radius 1 is 1.26 bits per heavy atom. The quantitative estimate of drug-likeness (QED) is 0.721. The van der Waals surface area contributed by atoms with E-state index in [1.165, 1.54) is 5.56 Å². The Balaban J connectivity index is 1.62. The number of amides is 1. The minimum atomic E-state index is 0.0807. The fourth-order valence-corrected chi connectivity index (χ4v) is 3.27. The van der Waals surface area contributed by atoms with Gasteiger partial charge in [-0.2, -0.15) is 0 Å². The molecular formula is C17H20N4OS. The number of carbonyl (C=O) groups excluding carboxylic acids is 1. The van der Waals surface area contributed by atoms with Crippen molar-refractivity contribution in [1.29, 1.82) is 0 Å². The molecule has 3 aromatic rings. The average Bonchev–Trinajstić information content (AvgIpc) is 3.13. The van der Waals surface area contributed by atoms with E-state index in [0.29, 0.717) is 26.1 Å². The Kier molecular flexibility index (Phi) is 5.05. The molecule has 0 radical (unpaired) electrons. The Morgan fingerprint density at radius 2 is 2.09 bits per heavy atom. The van der Waals surface area contributed by atoms with Crippen molar-refractivity contribution in [2.24, 2.45) is 5.73 Å². The molecule has 0 bridgehead atoms. The summed E-state index contributed by atoms with van der Waals surface area (Å²) in [6.07, 6.45) is 5.03. The fraction of sp³-hybridized carbons (Fsp3) is 0.294. The summed E-state index contributed by atoms with van der Waals surface area (Å²) in [4.78, 5) is 19.8. The number of thiazole rings is 1. The molecule has 0 aliphatic heterocycles. The summed E-state index contributed by atoms with van der Waals surface area (Å²) < 4.78 is 1.95. The summed E-state index contributed by atoms with van der Waals surface area (Å²) in [5.74, 6) is 0.0807. The first-order valence-electron chi connectivity index (χ1n) is 7.69. The third-order valence-corrected chi connectivity index (χ3v) is 4.51. The van der Waals surface area contributed by atoms with E-state index in [1.807, 2.05) is 45.3 Å².